The minimum atomic E-state index is -0.219. The molecule has 0 aliphatic heterocycles. The molecular formula is C13H14N2O3. The maximum Gasteiger partial charge on any atom is 0.251 e. The quantitative estimate of drug-likeness (QED) is 0.867. The Hall–Kier alpha value is -2.30. The number of nitrogens with one attached hydrogen (secondary N) is 1. The second-order valence-electron chi connectivity index (χ2n) is 4.05. The molecule has 0 bridgehead atoms. The van der Waals surface area contributed by atoms with Gasteiger partial charge in [-0.3, -0.25) is 4.79 Å². The maximum absolute atomic E-state index is 11.9. The van der Waals surface area contributed by atoms with Crippen LogP contribution >= 0.6 is 0 Å². The second kappa shape index (κ2) is 4.91. The molecule has 0 saturated carbocycles. The first-order valence-electron chi connectivity index (χ1n) is 5.55. The maximum atomic E-state index is 11.9. The largest absolute Gasteiger partial charge is 0.508 e. The summed E-state index contributed by atoms with van der Waals surface area (Å²) >= 11 is 0. The van der Waals surface area contributed by atoms with Gasteiger partial charge in [0.05, 0.1) is 12.7 Å². The molecule has 2 rings (SSSR count). The number of benzene rings is 1. The number of oxazole rings is 1. The summed E-state index contributed by atoms with van der Waals surface area (Å²) in [6.07, 6.45) is 1.60. The van der Waals surface area contributed by atoms with Crippen molar-refractivity contribution in [2.75, 3.05) is 0 Å². The molecule has 2 aromatic rings. The van der Waals surface area contributed by atoms with Crippen LogP contribution in [-0.4, -0.2) is 16.0 Å². The van der Waals surface area contributed by atoms with Crippen molar-refractivity contribution in [2.45, 2.75) is 20.4 Å². The van der Waals surface area contributed by atoms with E-state index in [9.17, 15) is 9.90 Å². The molecule has 0 unspecified atom stereocenters. The third-order valence-corrected chi connectivity index (χ3v) is 2.52. The lowest BCUT2D eigenvalue weighted by Gasteiger charge is -2.06. The van der Waals surface area contributed by atoms with Crippen LogP contribution in [-0.2, 0) is 6.54 Å². The highest BCUT2D eigenvalue weighted by molar-refractivity contribution is 5.95. The molecule has 2 N–H and O–H groups in total. The fourth-order valence-corrected chi connectivity index (χ4v) is 1.64. The lowest BCUT2D eigenvalue weighted by Crippen LogP contribution is -2.23. The van der Waals surface area contributed by atoms with Crippen molar-refractivity contribution in [1.82, 2.24) is 10.3 Å². The number of phenols is 1. The van der Waals surface area contributed by atoms with Crippen LogP contribution < -0.4 is 5.32 Å². The molecule has 94 valence electrons. The van der Waals surface area contributed by atoms with Gasteiger partial charge in [0.2, 0.25) is 5.89 Å². The number of rotatable bonds is 3. The number of aryl methyl sites for hydroxylation is 2. The van der Waals surface area contributed by atoms with Crippen LogP contribution in [0.25, 0.3) is 0 Å². The third kappa shape index (κ3) is 2.68. The summed E-state index contributed by atoms with van der Waals surface area (Å²) in [5.74, 6) is 1.10. The SMILES string of the molecule is Cc1cnc(CNC(=O)c2ccc(O)cc2C)o1. The normalized spacial score (nSPS) is 10.3. The zero-order valence-corrected chi connectivity index (χ0v) is 10.2. The van der Waals surface area contributed by atoms with E-state index in [-0.39, 0.29) is 18.2 Å². The fraction of sp³-hybridized carbons (Fsp3) is 0.231. The molecule has 5 nitrogen and oxygen atoms in total. The van der Waals surface area contributed by atoms with E-state index in [4.69, 9.17) is 4.42 Å². The Balaban J connectivity index is 2.03. The minimum Gasteiger partial charge on any atom is -0.508 e. The van der Waals surface area contributed by atoms with Crippen LogP contribution in [0, 0.1) is 13.8 Å². The second-order valence-corrected chi connectivity index (χ2v) is 4.05. The predicted octanol–water partition coefficient (Wildman–Crippen LogP) is 1.93. The summed E-state index contributed by atoms with van der Waals surface area (Å²) in [5.41, 5.74) is 1.24. The number of nitrogens with zero attached hydrogens (tertiary/aromatic N) is 1. The van der Waals surface area contributed by atoms with Gasteiger partial charge < -0.3 is 14.8 Å². The van der Waals surface area contributed by atoms with Gasteiger partial charge in [-0.05, 0) is 37.6 Å². The Morgan fingerprint density at radius 1 is 1.44 bits per heavy atom. The smallest absolute Gasteiger partial charge is 0.251 e. The lowest BCUT2D eigenvalue weighted by molar-refractivity contribution is 0.0946. The molecule has 1 amide bonds. The number of aromatic hydroxyl groups is 1. The summed E-state index contributed by atoms with van der Waals surface area (Å²) < 4.78 is 5.25. The molecular weight excluding hydrogens is 232 g/mol. The molecule has 0 spiro atoms. The van der Waals surface area contributed by atoms with Crippen LogP contribution in [0.15, 0.2) is 28.8 Å². The van der Waals surface area contributed by atoms with Crippen LogP contribution in [0.3, 0.4) is 0 Å². The summed E-state index contributed by atoms with van der Waals surface area (Å²) in [4.78, 5) is 15.9. The zero-order valence-electron chi connectivity index (χ0n) is 10.2. The van der Waals surface area contributed by atoms with Crippen LogP contribution in [0.1, 0.15) is 27.6 Å². The topological polar surface area (TPSA) is 75.4 Å². The van der Waals surface area contributed by atoms with E-state index in [0.717, 1.165) is 5.56 Å². The summed E-state index contributed by atoms with van der Waals surface area (Å²) in [6, 6.07) is 4.61. The van der Waals surface area contributed by atoms with Crippen molar-refractivity contribution < 1.29 is 14.3 Å². The number of phenolic OH excluding ortho intramolecular Hbond substituents is 1. The molecule has 0 aliphatic rings. The molecule has 0 atom stereocenters. The molecule has 0 radical (unpaired) electrons. The molecule has 1 heterocycles. The molecule has 1 aromatic heterocycles. The Kier molecular flexibility index (Phi) is 3.32. The number of carbonyl (C=O) groups excluding carboxylic acids is 1. The van der Waals surface area contributed by atoms with E-state index in [1.807, 2.05) is 0 Å². The van der Waals surface area contributed by atoms with E-state index >= 15 is 0 Å². The molecule has 0 aliphatic carbocycles. The summed E-state index contributed by atoms with van der Waals surface area (Å²) in [6.45, 7) is 3.80. The van der Waals surface area contributed by atoms with Crippen molar-refractivity contribution in [3.63, 3.8) is 0 Å². The van der Waals surface area contributed by atoms with Gasteiger partial charge in [-0.1, -0.05) is 0 Å². The summed E-state index contributed by atoms with van der Waals surface area (Å²) in [7, 11) is 0. The molecule has 1 aromatic carbocycles. The highest BCUT2D eigenvalue weighted by Gasteiger charge is 2.10. The highest BCUT2D eigenvalue weighted by atomic mass is 16.4. The van der Waals surface area contributed by atoms with Crippen LogP contribution in [0.2, 0.25) is 0 Å². The van der Waals surface area contributed by atoms with E-state index in [1.165, 1.54) is 6.07 Å². The number of amides is 1. The van der Waals surface area contributed by atoms with E-state index < -0.39 is 0 Å². The first-order chi connectivity index (χ1) is 8.56. The van der Waals surface area contributed by atoms with Crippen LogP contribution in [0.5, 0.6) is 5.75 Å². The Morgan fingerprint density at radius 3 is 2.83 bits per heavy atom. The van der Waals surface area contributed by atoms with Gasteiger partial charge in [0.15, 0.2) is 0 Å². The van der Waals surface area contributed by atoms with Gasteiger partial charge in [-0.2, -0.15) is 0 Å². The minimum absolute atomic E-state index is 0.146. The highest BCUT2D eigenvalue weighted by Crippen LogP contribution is 2.15. The zero-order chi connectivity index (χ0) is 13.1. The van der Waals surface area contributed by atoms with Crippen molar-refractivity contribution in [3.8, 4) is 5.75 Å². The Bertz CT molecular complexity index is 575. The van der Waals surface area contributed by atoms with E-state index in [1.54, 1.807) is 32.2 Å². The van der Waals surface area contributed by atoms with E-state index in [0.29, 0.717) is 17.2 Å². The fourth-order valence-electron chi connectivity index (χ4n) is 1.64. The standard InChI is InChI=1S/C13H14N2O3/c1-8-5-10(16)3-4-11(8)13(17)15-7-12-14-6-9(2)18-12/h3-6,16H,7H2,1-2H3,(H,15,17). The van der Waals surface area contributed by atoms with Gasteiger partial charge in [-0.15, -0.1) is 0 Å². The average molecular weight is 246 g/mol. The first kappa shape index (κ1) is 12.2. The van der Waals surface area contributed by atoms with Crippen molar-refractivity contribution >= 4 is 5.91 Å². The monoisotopic (exact) mass is 246 g/mol. The lowest BCUT2D eigenvalue weighted by atomic mass is 10.1. The molecule has 5 heteroatoms. The molecule has 18 heavy (non-hydrogen) atoms. The van der Waals surface area contributed by atoms with Gasteiger partial charge in [-0.25, -0.2) is 4.98 Å². The number of hydrogen-bond acceptors (Lipinski definition) is 4. The third-order valence-electron chi connectivity index (χ3n) is 2.52. The molecule has 0 fully saturated rings. The van der Waals surface area contributed by atoms with E-state index in [2.05, 4.69) is 10.3 Å². The summed E-state index contributed by atoms with van der Waals surface area (Å²) in [5, 5.41) is 12.0. The van der Waals surface area contributed by atoms with Gasteiger partial charge in [0.25, 0.3) is 5.91 Å². The molecule has 0 saturated heterocycles. The van der Waals surface area contributed by atoms with Crippen molar-refractivity contribution in [1.29, 1.82) is 0 Å². The van der Waals surface area contributed by atoms with Crippen LogP contribution in [0.4, 0.5) is 0 Å². The van der Waals surface area contributed by atoms with Gasteiger partial charge >= 0.3 is 0 Å². The Morgan fingerprint density at radius 2 is 2.22 bits per heavy atom. The average Bonchev–Trinajstić information content (AvgIpc) is 2.72. The van der Waals surface area contributed by atoms with Crippen molar-refractivity contribution in [2.24, 2.45) is 0 Å². The number of aromatic nitrogens is 1. The Labute approximate surface area is 104 Å². The predicted molar refractivity (Wildman–Crippen MR) is 65.3 cm³/mol. The number of hydrogen-bond donors (Lipinski definition) is 2. The van der Waals surface area contributed by atoms with Gasteiger partial charge in [0.1, 0.15) is 11.5 Å². The first-order valence-corrected chi connectivity index (χ1v) is 5.55. The number of carbonyl (C=O) groups is 1. The van der Waals surface area contributed by atoms with Gasteiger partial charge in [0, 0.05) is 5.56 Å². The van der Waals surface area contributed by atoms with Crippen molar-refractivity contribution in [3.05, 3.63) is 47.2 Å².